The van der Waals surface area contributed by atoms with Crippen LogP contribution in [-0.4, -0.2) is 300 Å². The number of carbonyl (C=O) groups excluding carboxylic acids is 16. The Kier molecular flexibility index (Phi) is 42.2. The Morgan fingerprint density at radius 3 is 1.65 bits per heavy atom. The van der Waals surface area contributed by atoms with Gasteiger partial charge in [0.05, 0.1) is 30.5 Å². The molecule has 3 aliphatic heterocycles. The smallest absolute Gasteiger partial charge is 0.341 e. The van der Waals surface area contributed by atoms with Crippen LogP contribution >= 0.6 is 11.8 Å². The number of nitrogens with zero attached hydrogens (tertiary/aromatic N) is 2. The normalized spacial score (nSPS) is 24.9. The van der Waals surface area contributed by atoms with Crippen LogP contribution in [0.15, 0.2) is 109 Å². The lowest BCUT2D eigenvalue weighted by Gasteiger charge is -2.39. The topological polar surface area (TPSA) is 674 Å². The number of hydrogen-bond acceptors (Lipinski definition) is 25. The van der Waals surface area contributed by atoms with Gasteiger partial charge in [0.15, 0.2) is 6.61 Å². The highest BCUT2D eigenvalue weighted by atomic mass is 32.2. The third-order valence-corrected chi connectivity index (χ3v) is 26.2. The van der Waals surface area contributed by atoms with Crippen molar-refractivity contribution in [2.75, 3.05) is 50.9 Å². The summed E-state index contributed by atoms with van der Waals surface area (Å²) in [5.41, 5.74) is 18.7. The minimum absolute atomic E-state index is 0.0255. The zero-order valence-corrected chi connectivity index (χ0v) is 81.1. The highest BCUT2D eigenvalue weighted by molar-refractivity contribution is 8.00. The first-order chi connectivity index (χ1) is 67.0. The number of nitrogens with one attached hydrogen (secondary N) is 14. The molecule has 1 aliphatic carbocycles. The third-order valence-electron chi connectivity index (χ3n) is 25.1. The summed E-state index contributed by atoms with van der Waals surface area (Å²) in [6.07, 6.45) is 1.80. The number of rotatable bonds is 27. The predicted molar refractivity (Wildman–Crippen MR) is 517 cm³/mol. The Hall–Kier alpha value is -13.2. The summed E-state index contributed by atoms with van der Waals surface area (Å²) in [4.78, 5) is 268. The van der Waals surface area contributed by atoms with E-state index >= 15 is 33.6 Å². The third kappa shape index (κ3) is 33.0. The van der Waals surface area contributed by atoms with Gasteiger partial charge in [0.1, 0.15) is 96.4 Å². The van der Waals surface area contributed by atoms with Gasteiger partial charge in [-0.2, -0.15) is 0 Å². The molecule has 4 aliphatic rings. The fourth-order valence-corrected chi connectivity index (χ4v) is 18.4. The summed E-state index contributed by atoms with van der Waals surface area (Å²) in [5, 5.41) is 87.6. The summed E-state index contributed by atoms with van der Waals surface area (Å²) >= 11 is 0.596. The van der Waals surface area contributed by atoms with Gasteiger partial charge in [0.2, 0.25) is 94.5 Å². The molecule has 16 amide bonds. The van der Waals surface area contributed by atoms with Crippen LogP contribution in [0.2, 0.25) is 0 Å². The molecule has 4 fully saturated rings. The van der Waals surface area contributed by atoms with E-state index in [9.17, 15) is 78.3 Å². The van der Waals surface area contributed by atoms with Crippen LogP contribution in [0.5, 0.6) is 5.75 Å². The number of hydrogen-bond donors (Lipinski definition) is 22. The number of piperidine rings is 1. The Morgan fingerprint density at radius 1 is 0.518 bits per heavy atom. The molecule has 5 aromatic rings. The van der Waals surface area contributed by atoms with Gasteiger partial charge in [-0.15, -0.1) is 11.8 Å². The first kappa shape index (κ1) is 111. The number of amides is 16. The molecule has 0 bridgehead atoms. The minimum Gasteiger partial charge on any atom is -0.482 e. The average molecular weight is 1980 g/mol. The van der Waals surface area contributed by atoms with E-state index in [4.69, 9.17) is 21.9 Å². The van der Waals surface area contributed by atoms with Crippen molar-refractivity contribution in [2.45, 2.75) is 266 Å². The summed E-state index contributed by atoms with van der Waals surface area (Å²) in [7, 11) is 0. The zero-order chi connectivity index (χ0) is 103. The summed E-state index contributed by atoms with van der Waals surface area (Å²) in [5.74, 6) is -22.2. The molecular weight excluding hydrogens is 1850 g/mol. The molecule has 141 heavy (non-hydrogen) atoms. The van der Waals surface area contributed by atoms with Crippen molar-refractivity contribution in [3.63, 3.8) is 0 Å². The van der Waals surface area contributed by atoms with E-state index in [0.29, 0.717) is 65.9 Å². The fraction of sp³-hybridized carbons (Fsp3) is 0.546. The number of carboxylic acid groups (broad SMARTS) is 2. The molecule has 3 saturated heterocycles. The van der Waals surface area contributed by atoms with Crippen LogP contribution in [0.3, 0.4) is 0 Å². The molecule has 1 aromatic heterocycles. The summed E-state index contributed by atoms with van der Waals surface area (Å²) < 4.78 is 5.30. The van der Waals surface area contributed by atoms with Crippen molar-refractivity contribution in [2.24, 2.45) is 35.0 Å². The number of ether oxygens (including phenoxy) is 1. The summed E-state index contributed by atoms with van der Waals surface area (Å²) in [6, 6.07) is 3.79. The van der Waals surface area contributed by atoms with E-state index < -0.39 is 258 Å². The Labute approximate surface area is 820 Å². The van der Waals surface area contributed by atoms with Gasteiger partial charge in [0, 0.05) is 55.2 Å². The number of nitrogens with two attached hydrogens (primary N) is 3. The lowest BCUT2D eigenvalue weighted by molar-refractivity contribution is -0.151. The van der Waals surface area contributed by atoms with Gasteiger partial charge in [-0.3, -0.25) is 81.5 Å². The number of carbonyl (C=O) groups is 18. The second-order valence-electron chi connectivity index (χ2n) is 37.5. The van der Waals surface area contributed by atoms with Crippen molar-refractivity contribution in [3.8, 4) is 16.9 Å². The van der Waals surface area contributed by atoms with Crippen molar-refractivity contribution in [1.29, 1.82) is 0 Å². The number of para-hydroxylation sites is 1. The first-order valence-corrected chi connectivity index (χ1v) is 48.9. The maximum absolute atomic E-state index is 15.5. The molecular formula is C97H135N19O24S. The van der Waals surface area contributed by atoms with E-state index in [-0.39, 0.29) is 94.8 Å². The number of benzene rings is 4. The standard InChI is InChI=1S/C97H135N19O24S/c1-52(2)41-66-84(126)106-68(43-56-27-31-59(32-28-56)58-21-12-9-13-22-58)88(130)113-79(53(3)4)96(138)116-40-18-26-75(116)95(137)115-39-17-16-25-74(115)92(134)103-65(36-38-99)83(125)105-69(42-55-19-10-8-11-20-55)89(131)114-81(97(6,7)139)94(136)110-72(48-117)90(132)111-73(91(133)102-64(35-37-98)82(100)124)50-141-51-76(119)112-80(54(5)118)93(135)109-67(44-57-29-33-61(34-30-57)140-49-78(122)123)85(127)108-71(46-77(120)121)87(129)107-70(86(128)104-66)45-60-47-101-63-24-15-14-23-62(60)63/h9,12-15,21-24,27-34,47,52-55,64-75,79-81,101,117-118,139H,8,10-11,16-20,25-26,35-46,48-51,98-99H2,1-7H3,(H2,100,124)(H,102,133)(H,103,134)(H,104,128)(H,105,125)(H,106,126)(H,107,129)(H,108,127)(H,109,135)(H,110,136)(H,111,132)(H,112,119)(H,113,130)(H,114,131)(H,120,121)(H,122,123)/t54-,64+,65+,66+,67+,68+,69+,70+,71+,72+,73+,74-,75-,79+,80+,81-/m1/s1. The number of H-pyrrole nitrogens is 1. The van der Waals surface area contributed by atoms with Crippen LogP contribution in [0.25, 0.3) is 22.0 Å². The highest BCUT2D eigenvalue weighted by Gasteiger charge is 2.47. The Morgan fingerprint density at radius 2 is 1.04 bits per heavy atom. The number of aliphatic hydroxyl groups is 3. The van der Waals surface area contributed by atoms with Crippen LogP contribution in [-0.2, 0) is 106 Å². The molecule has 25 N–H and O–H groups in total. The minimum atomic E-state index is -2.22. The van der Waals surface area contributed by atoms with Gasteiger partial charge >= 0.3 is 11.9 Å². The fourth-order valence-electron chi connectivity index (χ4n) is 17.6. The highest BCUT2D eigenvalue weighted by Crippen LogP contribution is 2.31. The van der Waals surface area contributed by atoms with Gasteiger partial charge in [-0.05, 0) is 155 Å². The molecule has 0 unspecified atom stereocenters. The van der Waals surface area contributed by atoms with Crippen LogP contribution in [0, 0.1) is 17.8 Å². The monoisotopic (exact) mass is 1980 g/mol. The number of thioether (sulfide) groups is 1. The van der Waals surface area contributed by atoms with Gasteiger partial charge in [0.25, 0.3) is 0 Å². The quantitative estimate of drug-likeness (QED) is 0.0276. The van der Waals surface area contributed by atoms with E-state index in [0.717, 1.165) is 51.2 Å². The number of fused-ring (bicyclic) bond motifs is 3. The molecule has 43 nitrogen and oxygen atoms in total. The number of aromatic amines is 1. The maximum atomic E-state index is 15.5. The molecule has 1 saturated carbocycles. The number of aromatic nitrogens is 1. The SMILES string of the molecule is CC(C)C[C@@H]1NC(=O)[C@H](Cc2c[nH]c3ccccc23)NC(=O)[C@H](CC(=O)O)NC(=O)[C@H](Cc2ccc(OCC(=O)O)cc2)NC(=O)[C@H]([C@@H](C)O)NC(=O)CSC[C@@H](C(=O)N[C@@H](CCN)C(N)=O)NC(=O)[C@H](CO)NC(=O)[C@H](C(C)(C)O)NC(=O)[C@H](CC2CCCCC2)NC(=O)[C@H](CCN)NC(=O)[C@H]2CCCCN2C(=O)[C@H]2CCCN2C(=O)[C@H](C(C)C)NC(=O)[C@H](Cc2ccc(-c3ccccc3)cc2)NC1=O. The predicted octanol–water partition coefficient (Wildman–Crippen LogP) is -1.78. The van der Waals surface area contributed by atoms with E-state index in [2.05, 4.69) is 74.1 Å². The van der Waals surface area contributed by atoms with Crippen molar-refractivity contribution >= 4 is 129 Å². The Bertz CT molecular complexity index is 5210. The molecule has 4 aromatic carbocycles. The number of aliphatic hydroxyl groups excluding tert-OH is 2. The second-order valence-corrected chi connectivity index (χ2v) is 38.6. The van der Waals surface area contributed by atoms with Crippen LogP contribution in [0.1, 0.15) is 161 Å². The van der Waals surface area contributed by atoms with E-state index in [1.165, 1.54) is 34.1 Å². The van der Waals surface area contributed by atoms with E-state index in [1.54, 1.807) is 70.3 Å². The molecule has 9 rings (SSSR count). The lowest BCUT2D eigenvalue weighted by atomic mass is 9.84. The zero-order valence-electron chi connectivity index (χ0n) is 80.3. The number of aliphatic carboxylic acids is 2. The number of carboxylic acids is 2. The van der Waals surface area contributed by atoms with E-state index in [1.807, 2.05) is 42.5 Å². The van der Waals surface area contributed by atoms with Crippen LogP contribution in [0.4, 0.5) is 0 Å². The molecule has 768 valence electrons. The lowest BCUT2D eigenvalue weighted by Crippen LogP contribution is -2.65. The molecule has 4 heterocycles. The Balaban J connectivity index is 1.11. The van der Waals surface area contributed by atoms with Crippen LogP contribution < -0.4 is 91.1 Å². The summed E-state index contributed by atoms with van der Waals surface area (Å²) in [6.45, 7) is 7.84. The van der Waals surface area contributed by atoms with Crippen molar-refractivity contribution in [3.05, 3.63) is 126 Å². The van der Waals surface area contributed by atoms with Crippen molar-refractivity contribution in [1.82, 2.24) is 83.9 Å². The molecule has 16 atom stereocenters. The van der Waals surface area contributed by atoms with Crippen molar-refractivity contribution < 1.29 is 117 Å². The van der Waals surface area contributed by atoms with Gasteiger partial charge < -0.3 is 131 Å². The molecule has 0 spiro atoms. The first-order valence-electron chi connectivity index (χ1n) is 47.7. The molecule has 0 radical (unpaired) electrons. The van der Waals surface area contributed by atoms with Gasteiger partial charge in [-0.1, -0.05) is 145 Å². The largest absolute Gasteiger partial charge is 0.482 e. The maximum Gasteiger partial charge on any atom is 0.341 e. The average Bonchev–Trinajstić information content (AvgIpc) is 1.61. The number of primary amides is 1. The second kappa shape index (κ2) is 53.5. The van der Waals surface area contributed by atoms with Gasteiger partial charge in [-0.25, -0.2) is 4.79 Å². The molecule has 44 heteroatoms.